The third kappa shape index (κ3) is 2.77. The molecule has 2 aliphatic rings. The molecule has 0 atom stereocenters. The van der Waals surface area contributed by atoms with E-state index < -0.39 is 11.2 Å². The highest BCUT2D eigenvalue weighted by Crippen LogP contribution is 2.30. The largest absolute Gasteiger partial charge is 0.384 e. The Balaban J connectivity index is 0.000000141. The number of ether oxygens (including phenoxy) is 1. The van der Waals surface area contributed by atoms with Gasteiger partial charge in [0.05, 0.1) is 0 Å². The van der Waals surface area contributed by atoms with Crippen LogP contribution < -0.4 is 17.0 Å². The Hall–Kier alpha value is -1.86. The van der Waals surface area contributed by atoms with Crippen LogP contribution in [0.3, 0.4) is 0 Å². The zero-order valence-electron chi connectivity index (χ0n) is 10.1. The van der Waals surface area contributed by atoms with Gasteiger partial charge in [0.25, 0.3) is 5.56 Å². The molecule has 0 aliphatic heterocycles. The van der Waals surface area contributed by atoms with Crippen LogP contribution >= 0.6 is 15.9 Å². The molecule has 0 unspecified atom stereocenters. The van der Waals surface area contributed by atoms with Crippen LogP contribution in [0.4, 0.5) is 5.82 Å². The first-order chi connectivity index (χ1) is 9.02. The molecule has 4 N–H and O–H groups in total. The number of anilines is 1. The minimum Gasteiger partial charge on any atom is -0.384 e. The van der Waals surface area contributed by atoms with Gasteiger partial charge in [-0.1, -0.05) is 24.3 Å². The van der Waals surface area contributed by atoms with E-state index in [1.54, 1.807) is 7.11 Å². The van der Waals surface area contributed by atoms with Gasteiger partial charge in [-0.15, -0.1) is 0 Å². The number of halogens is 1. The maximum atomic E-state index is 10.7. The highest BCUT2D eigenvalue weighted by atomic mass is 79.9. The van der Waals surface area contributed by atoms with Gasteiger partial charge < -0.3 is 10.5 Å². The van der Waals surface area contributed by atoms with Crippen molar-refractivity contribution in [3.8, 4) is 0 Å². The topological polar surface area (TPSA) is 101 Å². The van der Waals surface area contributed by atoms with E-state index in [1.807, 2.05) is 4.98 Å². The second-order valence-electron chi connectivity index (χ2n) is 3.92. The highest BCUT2D eigenvalue weighted by molar-refractivity contribution is 9.10. The van der Waals surface area contributed by atoms with E-state index in [0.717, 1.165) is 0 Å². The van der Waals surface area contributed by atoms with Gasteiger partial charge in [-0.3, -0.25) is 14.8 Å². The molecule has 0 aromatic carbocycles. The molecule has 19 heavy (non-hydrogen) atoms. The first-order valence-electron chi connectivity index (χ1n) is 5.43. The average Bonchev–Trinajstić information content (AvgIpc) is 2.95. The molecule has 0 amide bonds. The molecule has 0 spiro atoms. The molecule has 0 radical (unpaired) electrons. The Morgan fingerprint density at radius 2 is 1.79 bits per heavy atom. The molecule has 0 fully saturated rings. The van der Waals surface area contributed by atoms with E-state index in [1.165, 1.54) is 11.1 Å². The van der Waals surface area contributed by atoms with Gasteiger partial charge in [0.2, 0.25) is 0 Å². The molecule has 7 heteroatoms. The molecule has 3 rings (SSSR count). The number of methoxy groups -OCH3 is 1. The lowest BCUT2D eigenvalue weighted by Gasteiger charge is -2.05. The van der Waals surface area contributed by atoms with Crippen molar-refractivity contribution in [1.82, 2.24) is 9.97 Å². The summed E-state index contributed by atoms with van der Waals surface area (Å²) in [7, 11) is 1.74. The summed E-state index contributed by atoms with van der Waals surface area (Å²) in [6.45, 7) is 0. The fraction of sp³-hybridized carbons (Fsp3) is 0.167. The lowest BCUT2D eigenvalue weighted by atomic mass is 10.2. The summed E-state index contributed by atoms with van der Waals surface area (Å²) in [6.07, 6.45) is 8.66. The van der Waals surface area contributed by atoms with Crippen molar-refractivity contribution < 1.29 is 4.74 Å². The lowest BCUT2D eigenvalue weighted by Crippen LogP contribution is -2.24. The second kappa shape index (κ2) is 5.41. The van der Waals surface area contributed by atoms with Crippen LogP contribution in [0.1, 0.15) is 0 Å². The van der Waals surface area contributed by atoms with Gasteiger partial charge in [0, 0.05) is 7.11 Å². The van der Waals surface area contributed by atoms with Gasteiger partial charge in [-0.2, -0.15) is 0 Å². The van der Waals surface area contributed by atoms with Crippen molar-refractivity contribution in [1.29, 1.82) is 0 Å². The fourth-order valence-electron chi connectivity index (χ4n) is 1.80. The number of nitrogens with one attached hydrogen (secondary N) is 2. The SMILES string of the molecule is COC1C2=CC=C1C=C2.Nc1[nH]c(=O)[nH]c(=O)c1Br. The van der Waals surface area contributed by atoms with Crippen LogP contribution in [0.25, 0.3) is 0 Å². The molecule has 1 aromatic rings. The van der Waals surface area contributed by atoms with Crippen LogP contribution in [0.2, 0.25) is 0 Å². The number of allylic oxidation sites excluding steroid dienone is 2. The Bertz CT molecular complexity index is 675. The Labute approximate surface area is 116 Å². The molecule has 1 aromatic heterocycles. The van der Waals surface area contributed by atoms with Crippen LogP contribution in [-0.4, -0.2) is 23.2 Å². The van der Waals surface area contributed by atoms with Gasteiger partial charge in [-0.05, 0) is 27.1 Å². The number of hydrogen-bond donors (Lipinski definition) is 3. The summed E-state index contributed by atoms with van der Waals surface area (Å²) in [5.41, 5.74) is 6.64. The van der Waals surface area contributed by atoms with Crippen molar-refractivity contribution in [3.05, 3.63) is 60.8 Å². The summed E-state index contributed by atoms with van der Waals surface area (Å²) in [6, 6.07) is 0. The van der Waals surface area contributed by atoms with Crippen molar-refractivity contribution >= 4 is 21.7 Å². The monoisotopic (exact) mass is 325 g/mol. The Kier molecular flexibility index (Phi) is 3.87. The average molecular weight is 326 g/mol. The number of aromatic amines is 2. The minimum absolute atomic E-state index is 0.0359. The van der Waals surface area contributed by atoms with Gasteiger partial charge in [0.1, 0.15) is 16.4 Å². The van der Waals surface area contributed by atoms with E-state index in [0.29, 0.717) is 0 Å². The molecule has 1 heterocycles. The first kappa shape index (κ1) is 13.6. The number of H-pyrrole nitrogens is 2. The highest BCUT2D eigenvalue weighted by Gasteiger charge is 2.23. The van der Waals surface area contributed by atoms with Crippen molar-refractivity contribution in [2.45, 2.75) is 6.10 Å². The fourth-order valence-corrected chi connectivity index (χ4v) is 2.00. The van der Waals surface area contributed by atoms with E-state index in [2.05, 4.69) is 45.2 Å². The van der Waals surface area contributed by atoms with Gasteiger partial charge in [0.15, 0.2) is 0 Å². The van der Waals surface area contributed by atoms with E-state index >= 15 is 0 Å². The Morgan fingerprint density at radius 3 is 2.16 bits per heavy atom. The van der Waals surface area contributed by atoms with Crippen molar-refractivity contribution in [2.75, 3.05) is 12.8 Å². The maximum Gasteiger partial charge on any atom is 0.327 e. The quantitative estimate of drug-likeness (QED) is 0.712. The normalized spacial score (nSPS) is 15.9. The standard InChI is InChI=1S/C8H8O.C4H4BrN3O2/c1-9-8-6-2-3-7(8)5-4-6;5-1-2(6)7-4(10)8-3(1)9/h2-5,8H,1H3;(H4,6,7,8,9,10). The van der Waals surface area contributed by atoms with Crippen LogP contribution in [0, 0.1) is 0 Å². The molecule has 0 saturated carbocycles. The molecule has 2 bridgehead atoms. The summed E-state index contributed by atoms with van der Waals surface area (Å²) < 4.78 is 5.34. The number of aromatic nitrogens is 2. The number of nitrogens with two attached hydrogens (primary N) is 1. The summed E-state index contributed by atoms with van der Waals surface area (Å²) in [4.78, 5) is 25.3. The predicted octanol–water partition coefficient (Wildman–Crippen LogP) is 0.845. The minimum atomic E-state index is -0.606. The molecule has 6 nitrogen and oxygen atoms in total. The number of fused-ring (bicyclic) bond motifs is 2. The maximum absolute atomic E-state index is 10.7. The van der Waals surface area contributed by atoms with Crippen LogP contribution in [0.5, 0.6) is 0 Å². The summed E-state index contributed by atoms with van der Waals surface area (Å²) >= 11 is 2.87. The number of nitrogen functional groups attached to an aromatic ring is 1. The predicted molar refractivity (Wildman–Crippen MR) is 75.9 cm³/mol. The summed E-state index contributed by atoms with van der Waals surface area (Å²) in [5.74, 6) is 0.0359. The smallest absolute Gasteiger partial charge is 0.327 e. The molecule has 0 saturated heterocycles. The Morgan fingerprint density at radius 1 is 1.21 bits per heavy atom. The van der Waals surface area contributed by atoms with Crippen LogP contribution in [0.15, 0.2) is 49.5 Å². The molecule has 100 valence electrons. The van der Waals surface area contributed by atoms with E-state index in [-0.39, 0.29) is 16.4 Å². The van der Waals surface area contributed by atoms with Gasteiger partial charge in [-0.25, -0.2) is 4.79 Å². The van der Waals surface area contributed by atoms with E-state index in [4.69, 9.17) is 10.5 Å². The summed E-state index contributed by atoms with van der Waals surface area (Å²) in [5, 5.41) is 0. The van der Waals surface area contributed by atoms with Crippen molar-refractivity contribution in [2.24, 2.45) is 0 Å². The number of rotatable bonds is 1. The molecule has 2 aliphatic carbocycles. The van der Waals surface area contributed by atoms with Crippen LogP contribution in [-0.2, 0) is 4.74 Å². The third-order valence-corrected chi connectivity index (χ3v) is 3.48. The van der Waals surface area contributed by atoms with Gasteiger partial charge >= 0.3 is 5.69 Å². The zero-order valence-corrected chi connectivity index (χ0v) is 11.7. The third-order valence-electron chi connectivity index (χ3n) is 2.69. The van der Waals surface area contributed by atoms with Crippen molar-refractivity contribution in [3.63, 3.8) is 0 Å². The first-order valence-corrected chi connectivity index (χ1v) is 6.22. The zero-order chi connectivity index (χ0) is 14.0. The second-order valence-corrected chi connectivity index (χ2v) is 4.71. The molecular formula is C12H12BrN3O3. The molecular weight excluding hydrogens is 314 g/mol. The van der Waals surface area contributed by atoms with E-state index in [9.17, 15) is 9.59 Å². The lowest BCUT2D eigenvalue weighted by molar-refractivity contribution is 0.170. The number of hydrogen-bond acceptors (Lipinski definition) is 4.